The number of benzene rings is 2. The number of alkyl halides is 4. The van der Waals surface area contributed by atoms with Crippen molar-refractivity contribution in [2.75, 3.05) is 19.8 Å². The van der Waals surface area contributed by atoms with Gasteiger partial charge in [-0.15, -0.1) is 10.2 Å². The number of ether oxygens (including phenoxy) is 2. The highest BCUT2D eigenvalue weighted by Gasteiger charge is 2.61. The number of carbonyl (C=O) groups is 2. The molecule has 2 aromatic carbocycles. The number of aromatic amines is 1. The van der Waals surface area contributed by atoms with E-state index >= 15 is 8.78 Å². The second-order valence-corrected chi connectivity index (χ2v) is 11.4. The minimum Gasteiger partial charge on any atom is -0.493 e. The van der Waals surface area contributed by atoms with Gasteiger partial charge in [0, 0.05) is 37.8 Å². The van der Waals surface area contributed by atoms with Crippen molar-refractivity contribution in [3.05, 3.63) is 63.9 Å². The molecule has 0 bridgehead atoms. The molecule has 3 aromatic rings. The van der Waals surface area contributed by atoms with E-state index in [9.17, 15) is 18.4 Å². The first kappa shape index (κ1) is 33.9. The summed E-state index contributed by atoms with van der Waals surface area (Å²) >= 11 is 6.77. The van der Waals surface area contributed by atoms with Crippen LogP contribution in [0, 0.1) is 0 Å². The first-order chi connectivity index (χ1) is 21.2. The summed E-state index contributed by atoms with van der Waals surface area (Å²) in [6.45, 7) is 6.09. The number of H-pyrrole nitrogens is 1. The monoisotopic (exact) mass is 654 g/mol. The molecule has 1 fully saturated rings. The van der Waals surface area contributed by atoms with Crippen LogP contribution >= 0.6 is 11.6 Å². The van der Waals surface area contributed by atoms with Crippen LogP contribution in [0.1, 0.15) is 80.3 Å². The van der Waals surface area contributed by atoms with Gasteiger partial charge in [-0.3, -0.25) is 4.79 Å². The van der Waals surface area contributed by atoms with E-state index in [1.165, 1.54) is 13.0 Å². The number of hydrogen-bond acceptors (Lipinski definition) is 7. The molecule has 45 heavy (non-hydrogen) atoms. The number of hydrogen-bond donors (Lipinski definition) is 2. The molecule has 15 heteroatoms. The van der Waals surface area contributed by atoms with Crippen molar-refractivity contribution in [2.45, 2.75) is 76.8 Å². The molecule has 2 amide bonds. The van der Waals surface area contributed by atoms with E-state index in [0.29, 0.717) is 5.56 Å². The largest absolute Gasteiger partial charge is 0.493 e. The van der Waals surface area contributed by atoms with E-state index in [2.05, 4.69) is 25.9 Å². The first-order valence-corrected chi connectivity index (χ1v) is 14.9. The Morgan fingerprint density at radius 1 is 1.16 bits per heavy atom. The number of ketones is 1. The van der Waals surface area contributed by atoms with Crippen LogP contribution in [0.4, 0.5) is 22.4 Å². The van der Waals surface area contributed by atoms with Gasteiger partial charge < -0.3 is 19.7 Å². The molecule has 1 aliphatic carbocycles. The lowest BCUT2D eigenvalue weighted by atomic mass is 9.72. The van der Waals surface area contributed by atoms with Crippen LogP contribution in [-0.4, -0.2) is 68.9 Å². The van der Waals surface area contributed by atoms with Gasteiger partial charge in [-0.2, -0.15) is 5.21 Å². The average molecular weight is 655 g/mol. The van der Waals surface area contributed by atoms with Crippen LogP contribution in [0.2, 0.25) is 5.02 Å². The minimum atomic E-state index is -3.23. The molecule has 0 spiro atoms. The third kappa shape index (κ3) is 7.66. The summed E-state index contributed by atoms with van der Waals surface area (Å²) < 4.78 is 70.4. The Kier molecular flexibility index (Phi) is 10.3. The molecule has 0 aliphatic heterocycles. The lowest BCUT2D eigenvalue weighted by Crippen LogP contribution is -2.62. The van der Waals surface area contributed by atoms with Crippen molar-refractivity contribution in [1.29, 1.82) is 0 Å². The summed E-state index contributed by atoms with van der Waals surface area (Å²) in [6, 6.07) is 7.68. The van der Waals surface area contributed by atoms with E-state index in [4.69, 9.17) is 21.1 Å². The van der Waals surface area contributed by atoms with Crippen molar-refractivity contribution < 1.29 is 36.6 Å². The van der Waals surface area contributed by atoms with E-state index in [1.807, 2.05) is 0 Å². The number of rotatable bonds is 14. The summed E-state index contributed by atoms with van der Waals surface area (Å²) in [4.78, 5) is 27.6. The van der Waals surface area contributed by atoms with Crippen molar-refractivity contribution in [1.82, 2.24) is 30.8 Å². The summed E-state index contributed by atoms with van der Waals surface area (Å²) in [6.07, 6.45) is -2.96. The molecule has 10 nitrogen and oxygen atoms in total. The molecule has 1 aromatic heterocycles. The van der Waals surface area contributed by atoms with Crippen LogP contribution in [0.3, 0.4) is 0 Å². The Hall–Kier alpha value is -3.94. The number of nitrogens with zero attached hydrogens (tertiary/aromatic N) is 4. The van der Waals surface area contributed by atoms with E-state index in [-0.39, 0.29) is 52.5 Å². The second-order valence-electron chi connectivity index (χ2n) is 11.0. The summed E-state index contributed by atoms with van der Waals surface area (Å²) in [5.74, 6) is -6.73. The molecular formula is C30H35ClF4N6O4. The topological polar surface area (TPSA) is 122 Å². The van der Waals surface area contributed by atoms with Gasteiger partial charge in [0.25, 0.3) is 11.8 Å². The van der Waals surface area contributed by atoms with Crippen LogP contribution < -0.4 is 14.8 Å². The maximum atomic E-state index is 15.3. The summed E-state index contributed by atoms with van der Waals surface area (Å²) in [5.41, 5.74) is -0.946. The lowest BCUT2D eigenvalue weighted by Gasteiger charge is -2.46. The zero-order chi connectivity index (χ0) is 33.0. The molecule has 2 N–H and O–H groups in total. The number of aromatic nitrogens is 4. The smallest absolute Gasteiger partial charge is 0.318 e. The van der Waals surface area contributed by atoms with Crippen molar-refractivity contribution >= 4 is 23.4 Å². The fraction of sp³-hybridized carbons (Fsp3) is 0.500. The lowest BCUT2D eigenvalue weighted by molar-refractivity contribution is -0.137. The minimum absolute atomic E-state index is 0.0186. The highest BCUT2D eigenvalue weighted by Crippen LogP contribution is 2.51. The van der Waals surface area contributed by atoms with Gasteiger partial charge in [0.1, 0.15) is 16.9 Å². The number of urea groups is 1. The number of halogens is 5. The van der Waals surface area contributed by atoms with Crippen molar-refractivity contribution in [3.8, 4) is 11.5 Å². The Balaban J connectivity index is 1.73. The first-order valence-electron chi connectivity index (χ1n) is 14.5. The zero-order valence-electron chi connectivity index (χ0n) is 25.3. The third-order valence-electron chi connectivity index (χ3n) is 7.60. The van der Waals surface area contributed by atoms with Gasteiger partial charge >= 0.3 is 6.03 Å². The molecule has 0 saturated heterocycles. The highest BCUT2D eigenvalue weighted by atomic mass is 35.5. The van der Waals surface area contributed by atoms with Gasteiger partial charge in [-0.05, 0) is 39.3 Å². The van der Waals surface area contributed by atoms with Crippen molar-refractivity contribution in [3.63, 3.8) is 0 Å². The molecule has 1 unspecified atom stereocenters. The maximum Gasteiger partial charge on any atom is 0.318 e. The van der Waals surface area contributed by atoms with E-state index < -0.39 is 61.7 Å². The maximum absolute atomic E-state index is 15.3. The third-order valence-corrected chi connectivity index (χ3v) is 7.99. The Bertz CT molecular complexity index is 1490. The Morgan fingerprint density at radius 3 is 2.38 bits per heavy atom. The zero-order valence-corrected chi connectivity index (χ0v) is 26.1. The van der Waals surface area contributed by atoms with E-state index in [0.717, 1.165) is 4.90 Å². The van der Waals surface area contributed by atoms with Crippen LogP contribution in [0.5, 0.6) is 11.5 Å². The SMILES string of the molecule is CCOc1cc(C(C)N(CCC(F)(F)Cc2ccccc2)C(=O)NC2(c3nn[nH]n3)CC(F)(F)C2)c(Cl)c(OCC)c1C(C)=O. The summed E-state index contributed by atoms with van der Waals surface area (Å²) in [5, 5.41) is 15.8. The second kappa shape index (κ2) is 13.6. The fourth-order valence-corrected chi connectivity index (χ4v) is 5.86. The van der Waals surface area contributed by atoms with E-state index in [1.54, 1.807) is 51.1 Å². The molecule has 1 heterocycles. The number of nitrogens with one attached hydrogen (secondary N) is 2. The molecule has 1 saturated carbocycles. The van der Waals surface area contributed by atoms with Crippen LogP contribution in [0.15, 0.2) is 36.4 Å². The van der Waals surface area contributed by atoms with Gasteiger partial charge in [0.15, 0.2) is 17.4 Å². The fourth-order valence-electron chi connectivity index (χ4n) is 5.50. The molecule has 244 valence electrons. The van der Waals surface area contributed by atoms with Gasteiger partial charge in [-0.25, -0.2) is 22.4 Å². The van der Waals surface area contributed by atoms with Crippen molar-refractivity contribution in [2.24, 2.45) is 0 Å². The quantitative estimate of drug-likeness (QED) is 0.150. The molecular weight excluding hydrogens is 620 g/mol. The molecule has 4 rings (SSSR count). The predicted molar refractivity (Wildman–Crippen MR) is 157 cm³/mol. The number of carbonyl (C=O) groups excluding carboxylic acids is 2. The van der Waals surface area contributed by atoms with Gasteiger partial charge in [-0.1, -0.05) is 47.1 Å². The average Bonchev–Trinajstić information content (AvgIpc) is 3.49. The molecule has 0 radical (unpaired) electrons. The van der Waals surface area contributed by atoms with Crippen LogP contribution in [-0.2, 0) is 12.0 Å². The van der Waals surface area contributed by atoms with Gasteiger partial charge in [0.05, 0.1) is 24.3 Å². The summed E-state index contributed by atoms with van der Waals surface area (Å²) in [7, 11) is 0. The van der Waals surface area contributed by atoms with Crippen LogP contribution in [0.25, 0.3) is 0 Å². The molecule has 1 aliphatic rings. The number of Topliss-reactive ketones (excluding diaryl/α,β-unsaturated/α-hetero) is 1. The molecule has 1 atom stereocenters. The predicted octanol–water partition coefficient (Wildman–Crippen LogP) is 6.52. The standard InChI is InChI=1S/C30H35ClF4N6O4/c1-5-44-22-14-21(24(31)25(45-6-2)23(22)19(4)42)18(3)41(13-12-29(32,33)15-20-10-8-7-9-11-20)27(43)36-28(16-30(34,35)17-28)26-37-39-40-38-26/h7-11,14,18H,5-6,12-13,15-17H2,1-4H3,(H,36,43)(H,37,38,39,40). The van der Waals surface area contributed by atoms with Gasteiger partial charge in [0.2, 0.25) is 0 Å². The number of tetrazole rings is 1. The number of amides is 2. The normalized spacial score (nSPS) is 15.9. The Morgan fingerprint density at radius 2 is 1.82 bits per heavy atom. The highest BCUT2D eigenvalue weighted by molar-refractivity contribution is 6.33. The Labute approximate surface area is 262 Å².